The maximum atomic E-state index is 12.5. The van der Waals surface area contributed by atoms with Crippen LogP contribution in [0.4, 0.5) is 0 Å². The summed E-state index contributed by atoms with van der Waals surface area (Å²) in [6, 6.07) is 7.51. The molecule has 23 heavy (non-hydrogen) atoms. The first-order valence-electron chi connectivity index (χ1n) is 8.25. The molecule has 1 heterocycles. The number of benzene rings is 1. The van der Waals surface area contributed by atoms with Crippen molar-refractivity contribution in [1.29, 1.82) is 0 Å². The van der Waals surface area contributed by atoms with E-state index < -0.39 is 5.41 Å². The molecule has 5 heteroatoms. The lowest BCUT2D eigenvalue weighted by atomic mass is 9.95. The highest BCUT2D eigenvalue weighted by molar-refractivity contribution is 5.94. The van der Waals surface area contributed by atoms with Gasteiger partial charge in [-0.2, -0.15) is 0 Å². The van der Waals surface area contributed by atoms with E-state index in [1.54, 1.807) is 0 Å². The fourth-order valence-electron chi connectivity index (χ4n) is 2.44. The first-order valence-corrected chi connectivity index (χ1v) is 8.25. The molecule has 1 aromatic carbocycles. The molecule has 0 unspecified atom stereocenters. The normalized spacial score (nSPS) is 15.9. The number of carbonyl (C=O) groups excluding carboxylic acids is 2. The maximum absolute atomic E-state index is 12.5. The van der Waals surface area contributed by atoms with Crippen LogP contribution in [-0.2, 0) is 11.3 Å². The molecule has 1 saturated heterocycles. The van der Waals surface area contributed by atoms with Gasteiger partial charge in [0.25, 0.3) is 5.91 Å². The van der Waals surface area contributed by atoms with E-state index in [1.807, 2.05) is 49.9 Å². The molecule has 0 spiro atoms. The molecule has 1 aliphatic rings. The minimum Gasteiger partial charge on any atom is -0.352 e. The van der Waals surface area contributed by atoms with Crippen LogP contribution in [0.15, 0.2) is 24.3 Å². The number of rotatable bonds is 3. The molecule has 1 aromatic rings. The lowest BCUT2D eigenvalue weighted by Gasteiger charge is -2.20. The summed E-state index contributed by atoms with van der Waals surface area (Å²) in [7, 11) is 0. The predicted octanol–water partition coefficient (Wildman–Crippen LogP) is 1.78. The molecule has 0 radical (unpaired) electrons. The van der Waals surface area contributed by atoms with Gasteiger partial charge < -0.3 is 15.5 Å². The van der Waals surface area contributed by atoms with E-state index in [0.717, 1.165) is 38.2 Å². The Morgan fingerprint density at radius 3 is 2.48 bits per heavy atom. The van der Waals surface area contributed by atoms with Crippen LogP contribution in [0.25, 0.3) is 0 Å². The minimum absolute atomic E-state index is 0.0229. The van der Waals surface area contributed by atoms with Crippen LogP contribution in [-0.4, -0.2) is 42.9 Å². The number of nitrogens with zero attached hydrogens (tertiary/aromatic N) is 1. The van der Waals surface area contributed by atoms with Gasteiger partial charge in [-0.05, 0) is 30.7 Å². The fourth-order valence-corrected chi connectivity index (χ4v) is 2.44. The Morgan fingerprint density at radius 2 is 1.83 bits per heavy atom. The monoisotopic (exact) mass is 317 g/mol. The zero-order valence-electron chi connectivity index (χ0n) is 14.3. The average molecular weight is 317 g/mol. The van der Waals surface area contributed by atoms with Crippen LogP contribution < -0.4 is 10.6 Å². The molecular formula is C18H27N3O2. The third-order valence-electron chi connectivity index (χ3n) is 3.96. The summed E-state index contributed by atoms with van der Waals surface area (Å²) in [5.74, 6) is 0.105. The summed E-state index contributed by atoms with van der Waals surface area (Å²) in [6.07, 6.45) is 0.989. The Morgan fingerprint density at radius 1 is 1.13 bits per heavy atom. The van der Waals surface area contributed by atoms with Crippen molar-refractivity contribution in [3.63, 3.8) is 0 Å². The van der Waals surface area contributed by atoms with Crippen molar-refractivity contribution < 1.29 is 9.59 Å². The average Bonchev–Trinajstić information content (AvgIpc) is 2.80. The first-order chi connectivity index (χ1) is 10.9. The smallest absolute Gasteiger partial charge is 0.253 e. The number of nitrogens with one attached hydrogen (secondary N) is 2. The molecule has 0 atom stereocenters. The molecule has 5 nitrogen and oxygen atoms in total. The second-order valence-corrected chi connectivity index (χ2v) is 7.03. The number of hydrogen-bond acceptors (Lipinski definition) is 3. The van der Waals surface area contributed by atoms with Gasteiger partial charge >= 0.3 is 0 Å². The summed E-state index contributed by atoms with van der Waals surface area (Å²) in [6.45, 7) is 9.52. The Kier molecular flexibility index (Phi) is 5.77. The van der Waals surface area contributed by atoms with E-state index in [-0.39, 0.29) is 11.8 Å². The highest BCUT2D eigenvalue weighted by atomic mass is 16.2. The van der Waals surface area contributed by atoms with Crippen LogP contribution in [0.1, 0.15) is 43.1 Å². The van der Waals surface area contributed by atoms with Gasteiger partial charge in [-0.3, -0.25) is 9.59 Å². The molecule has 0 saturated carbocycles. The highest BCUT2D eigenvalue weighted by Gasteiger charge is 2.20. The second-order valence-electron chi connectivity index (χ2n) is 7.03. The van der Waals surface area contributed by atoms with Crippen molar-refractivity contribution >= 4 is 11.8 Å². The van der Waals surface area contributed by atoms with Crippen LogP contribution >= 0.6 is 0 Å². The van der Waals surface area contributed by atoms with Gasteiger partial charge in [-0.25, -0.2) is 0 Å². The minimum atomic E-state index is -0.392. The second kappa shape index (κ2) is 7.59. The third-order valence-corrected chi connectivity index (χ3v) is 3.96. The Labute approximate surface area is 138 Å². The summed E-state index contributed by atoms with van der Waals surface area (Å²) in [5, 5.41) is 6.21. The lowest BCUT2D eigenvalue weighted by Crippen LogP contribution is -2.34. The van der Waals surface area contributed by atoms with E-state index in [1.165, 1.54) is 0 Å². The van der Waals surface area contributed by atoms with E-state index in [2.05, 4.69) is 10.6 Å². The lowest BCUT2D eigenvalue weighted by molar-refractivity contribution is -0.128. The molecule has 126 valence electrons. The SMILES string of the molecule is CC(C)(C)C(=O)NCc1ccc(C(=O)N2CCCNCC2)cc1. The van der Waals surface area contributed by atoms with Gasteiger partial charge in [0.15, 0.2) is 0 Å². The number of carbonyl (C=O) groups is 2. The molecule has 0 aliphatic carbocycles. The van der Waals surface area contributed by atoms with Crippen molar-refractivity contribution in [2.45, 2.75) is 33.7 Å². The first kappa shape index (κ1) is 17.5. The fraction of sp³-hybridized carbons (Fsp3) is 0.556. The van der Waals surface area contributed by atoms with E-state index in [0.29, 0.717) is 12.1 Å². The molecular weight excluding hydrogens is 290 g/mol. The molecule has 0 bridgehead atoms. The molecule has 2 N–H and O–H groups in total. The van der Waals surface area contributed by atoms with Gasteiger partial charge in [-0.1, -0.05) is 32.9 Å². The van der Waals surface area contributed by atoms with Crippen LogP contribution in [0, 0.1) is 5.41 Å². The number of amides is 2. The van der Waals surface area contributed by atoms with Crippen molar-refractivity contribution in [2.75, 3.05) is 26.2 Å². The molecule has 2 amide bonds. The molecule has 1 fully saturated rings. The van der Waals surface area contributed by atoms with Gasteiger partial charge in [0, 0.05) is 37.2 Å². The molecule has 0 aromatic heterocycles. The summed E-state index contributed by atoms with van der Waals surface area (Å²) >= 11 is 0. The van der Waals surface area contributed by atoms with Crippen molar-refractivity contribution in [3.05, 3.63) is 35.4 Å². The predicted molar refractivity (Wildman–Crippen MR) is 91.1 cm³/mol. The van der Waals surface area contributed by atoms with Crippen molar-refractivity contribution in [1.82, 2.24) is 15.5 Å². The third kappa shape index (κ3) is 5.06. The maximum Gasteiger partial charge on any atom is 0.253 e. The van der Waals surface area contributed by atoms with E-state index in [4.69, 9.17) is 0 Å². The standard InChI is InChI=1S/C18H27N3O2/c1-18(2,3)17(23)20-13-14-5-7-15(8-6-14)16(22)21-11-4-9-19-10-12-21/h5-8,19H,4,9-13H2,1-3H3,(H,20,23). The largest absolute Gasteiger partial charge is 0.352 e. The van der Waals surface area contributed by atoms with Gasteiger partial charge in [0.2, 0.25) is 5.91 Å². The molecule has 2 rings (SSSR count). The highest BCUT2D eigenvalue weighted by Crippen LogP contribution is 2.13. The van der Waals surface area contributed by atoms with Gasteiger partial charge in [-0.15, -0.1) is 0 Å². The van der Waals surface area contributed by atoms with E-state index >= 15 is 0 Å². The number of hydrogen-bond donors (Lipinski definition) is 2. The van der Waals surface area contributed by atoms with Crippen LogP contribution in [0.5, 0.6) is 0 Å². The Bertz CT molecular complexity index is 538. The summed E-state index contributed by atoms with van der Waals surface area (Å²) in [4.78, 5) is 26.3. The summed E-state index contributed by atoms with van der Waals surface area (Å²) < 4.78 is 0. The Balaban J connectivity index is 1.93. The van der Waals surface area contributed by atoms with Crippen LogP contribution in [0.3, 0.4) is 0 Å². The molecule has 1 aliphatic heterocycles. The Hall–Kier alpha value is -1.88. The zero-order chi connectivity index (χ0) is 16.9. The summed E-state index contributed by atoms with van der Waals surface area (Å²) in [5.41, 5.74) is 1.31. The van der Waals surface area contributed by atoms with Crippen molar-refractivity contribution in [2.24, 2.45) is 5.41 Å². The van der Waals surface area contributed by atoms with E-state index in [9.17, 15) is 9.59 Å². The zero-order valence-corrected chi connectivity index (χ0v) is 14.3. The van der Waals surface area contributed by atoms with Crippen molar-refractivity contribution in [3.8, 4) is 0 Å². The van der Waals surface area contributed by atoms with Gasteiger partial charge in [0.05, 0.1) is 0 Å². The quantitative estimate of drug-likeness (QED) is 0.893. The topological polar surface area (TPSA) is 61.4 Å². The van der Waals surface area contributed by atoms with Crippen LogP contribution in [0.2, 0.25) is 0 Å². The van der Waals surface area contributed by atoms with Gasteiger partial charge in [0.1, 0.15) is 0 Å².